The second kappa shape index (κ2) is 9.55. The van der Waals surface area contributed by atoms with Crippen LogP contribution in [0, 0.1) is 12.3 Å². The summed E-state index contributed by atoms with van der Waals surface area (Å²) in [7, 11) is 1.63. The van der Waals surface area contributed by atoms with Crippen molar-refractivity contribution < 1.29 is 9.59 Å². The van der Waals surface area contributed by atoms with Crippen LogP contribution in [-0.2, 0) is 0 Å². The molecule has 2 aromatic carbocycles. The van der Waals surface area contributed by atoms with E-state index in [4.69, 9.17) is 4.98 Å². The number of carbonyl (C=O) groups is 2. The molecule has 0 saturated heterocycles. The zero-order valence-electron chi connectivity index (χ0n) is 20.4. The SMILES string of the molecule is CNC(=O)c1c(-c2ccccc2)nc2sc(-c3cc(C(=O)CCCC(C)(C)C)ccc3C)cn12. The number of imidazole rings is 1. The van der Waals surface area contributed by atoms with Crippen LogP contribution < -0.4 is 5.32 Å². The maximum Gasteiger partial charge on any atom is 0.270 e. The fourth-order valence-electron chi connectivity index (χ4n) is 4.09. The lowest BCUT2D eigenvalue weighted by Gasteiger charge is -2.17. The maximum absolute atomic E-state index is 12.9. The van der Waals surface area contributed by atoms with Crippen LogP contribution in [0.3, 0.4) is 0 Å². The molecule has 1 amide bonds. The number of thiazole rings is 1. The Labute approximate surface area is 204 Å². The number of carbonyl (C=O) groups excluding carboxylic acids is 2. The van der Waals surface area contributed by atoms with Crippen molar-refractivity contribution in [2.45, 2.75) is 47.0 Å². The van der Waals surface area contributed by atoms with Crippen LogP contribution in [0.4, 0.5) is 0 Å². The van der Waals surface area contributed by atoms with Gasteiger partial charge in [-0.15, -0.1) is 0 Å². The van der Waals surface area contributed by atoms with Crippen molar-refractivity contribution in [1.82, 2.24) is 14.7 Å². The number of rotatable bonds is 7. The van der Waals surface area contributed by atoms with E-state index in [1.807, 2.05) is 66.1 Å². The molecule has 0 radical (unpaired) electrons. The molecule has 4 rings (SSSR count). The summed E-state index contributed by atoms with van der Waals surface area (Å²) in [6, 6.07) is 15.6. The molecule has 34 heavy (non-hydrogen) atoms. The van der Waals surface area contributed by atoms with Gasteiger partial charge in [0.2, 0.25) is 0 Å². The summed E-state index contributed by atoms with van der Waals surface area (Å²) in [6.45, 7) is 8.64. The van der Waals surface area contributed by atoms with Crippen LogP contribution in [-0.4, -0.2) is 28.1 Å². The van der Waals surface area contributed by atoms with Crippen molar-refractivity contribution >= 4 is 28.0 Å². The number of aryl methyl sites for hydroxylation is 1. The van der Waals surface area contributed by atoms with Crippen LogP contribution in [0.15, 0.2) is 54.7 Å². The third-order valence-electron chi connectivity index (χ3n) is 5.97. The highest BCUT2D eigenvalue weighted by Gasteiger charge is 2.22. The second-order valence-electron chi connectivity index (χ2n) is 9.87. The Bertz CT molecular complexity index is 1340. The van der Waals surface area contributed by atoms with Crippen LogP contribution >= 0.6 is 11.3 Å². The van der Waals surface area contributed by atoms with Gasteiger partial charge in [-0.3, -0.25) is 14.0 Å². The molecule has 0 aliphatic rings. The first-order chi connectivity index (χ1) is 16.2. The Kier molecular flexibility index (Phi) is 6.71. The molecular formula is C28H31N3O2S. The van der Waals surface area contributed by atoms with Crippen molar-refractivity contribution in [3.63, 3.8) is 0 Å². The van der Waals surface area contributed by atoms with E-state index < -0.39 is 0 Å². The zero-order chi connectivity index (χ0) is 24.5. The number of benzene rings is 2. The van der Waals surface area contributed by atoms with Gasteiger partial charge in [0, 0.05) is 30.8 Å². The van der Waals surface area contributed by atoms with Gasteiger partial charge < -0.3 is 5.32 Å². The molecule has 0 aliphatic carbocycles. The van der Waals surface area contributed by atoms with E-state index in [2.05, 4.69) is 26.1 Å². The highest BCUT2D eigenvalue weighted by molar-refractivity contribution is 7.20. The standard InChI is InChI=1S/C28H31N3O2S/c1-18-13-14-20(22(32)12-9-15-28(2,3)4)16-21(18)23-17-31-25(26(33)29-5)24(30-27(31)34-23)19-10-7-6-8-11-19/h6-8,10-11,13-14,16-17H,9,12,15H2,1-5H3,(H,29,33). The summed E-state index contributed by atoms with van der Waals surface area (Å²) in [4.78, 5) is 32.2. The van der Waals surface area contributed by atoms with E-state index in [0.717, 1.165) is 44.9 Å². The third-order valence-corrected chi connectivity index (χ3v) is 6.99. The number of hydrogen-bond acceptors (Lipinski definition) is 4. The Morgan fingerprint density at radius 1 is 1.09 bits per heavy atom. The summed E-state index contributed by atoms with van der Waals surface area (Å²) < 4.78 is 1.86. The first-order valence-corrected chi connectivity index (χ1v) is 12.4. The Hall–Kier alpha value is -3.25. The lowest BCUT2D eigenvalue weighted by atomic mass is 9.88. The molecule has 0 atom stereocenters. The van der Waals surface area contributed by atoms with Crippen LogP contribution in [0.2, 0.25) is 0 Å². The normalized spacial score (nSPS) is 11.7. The van der Waals surface area contributed by atoms with Gasteiger partial charge in [0.05, 0.1) is 4.88 Å². The lowest BCUT2D eigenvalue weighted by Crippen LogP contribution is -2.20. The third kappa shape index (κ3) is 4.97. The Morgan fingerprint density at radius 2 is 1.82 bits per heavy atom. The highest BCUT2D eigenvalue weighted by Crippen LogP contribution is 2.35. The predicted octanol–water partition coefficient (Wildman–Crippen LogP) is 6.80. The number of amides is 1. The zero-order valence-corrected chi connectivity index (χ0v) is 21.3. The van der Waals surface area contributed by atoms with E-state index in [1.54, 1.807) is 7.05 Å². The van der Waals surface area contributed by atoms with Gasteiger partial charge in [0.1, 0.15) is 11.4 Å². The van der Waals surface area contributed by atoms with E-state index in [-0.39, 0.29) is 17.1 Å². The number of Topliss-reactive ketones (excluding diaryl/α,β-unsaturated/α-hetero) is 1. The molecule has 176 valence electrons. The number of nitrogens with zero attached hydrogens (tertiary/aromatic N) is 2. The number of ketones is 1. The van der Waals surface area contributed by atoms with E-state index in [1.165, 1.54) is 11.3 Å². The van der Waals surface area contributed by atoms with Gasteiger partial charge in [-0.05, 0) is 42.4 Å². The number of fused-ring (bicyclic) bond motifs is 1. The van der Waals surface area contributed by atoms with Crippen molar-refractivity contribution in [2.24, 2.45) is 5.41 Å². The average molecular weight is 474 g/mol. The summed E-state index contributed by atoms with van der Waals surface area (Å²) in [6.07, 6.45) is 4.41. The molecule has 0 aliphatic heterocycles. The summed E-state index contributed by atoms with van der Waals surface area (Å²) in [5.41, 5.74) is 5.12. The Balaban J connectivity index is 1.70. The smallest absolute Gasteiger partial charge is 0.270 e. The molecule has 0 unspecified atom stereocenters. The molecule has 2 aromatic heterocycles. The summed E-state index contributed by atoms with van der Waals surface area (Å²) in [5, 5.41) is 2.74. The van der Waals surface area contributed by atoms with Gasteiger partial charge in [-0.1, -0.05) is 74.6 Å². The first-order valence-electron chi connectivity index (χ1n) is 11.6. The molecule has 2 heterocycles. The quantitative estimate of drug-likeness (QED) is 0.300. The molecule has 6 heteroatoms. The second-order valence-corrected chi connectivity index (χ2v) is 10.9. The van der Waals surface area contributed by atoms with Crippen LogP contribution in [0.25, 0.3) is 26.7 Å². The van der Waals surface area contributed by atoms with Crippen LogP contribution in [0.5, 0.6) is 0 Å². The highest BCUT2D eigenvalue weighted by atomic mass is 32.1. The predicted molar refractivity (Wildman–Crippen MR) is 140 cm³/mol. The topological polar surface area (TPSA) is 63.5 Å². The van der Waals surface area contributed by atoms with E-state index >= 15 is 0 Å². The molecule has 0 saturated carbocycles. The number of hydrogen-bond donors (Lipinski definition) is 1. The average Bonchev–Trinajstić information content (AvgIpc) is 3.36. The van der Waals surface area contributed by atoms with Crippen molar-refractivity contribution in [3.05, 3.63) is 71.5 Å². The number of aromatic nitrogens is 2. The molecule has 0 bridgehead atoms. The van der Waals surface area contributed by atoms with Gasteiger partial charge in [-0.2, -0.15) is 0 Å². The van der Waals surface area contributed by atoms with Crippen molar-refractivity contribution in [1.29, 1.82) is 0 Å². The molecule has 0 spiro atoms. The van der Waals surface area contributed by atoms with Gasteiger partial charge >= 0.3 is 0 Å². The Morgan fingerprint density at radius 3 is 2.50 bits per heavy atom. The van der Waals surface area contributed by atoms with Gasteiger partial charge in [0.15, 0.2) is 10.7 Å². The number of nitrogens with one attached hydrogen (secondary N) is 1. The van der Waals surface area contributed by atoms with E-state index in [0.29, 0.717) is 17.8 Å². The van der Waals surface area contributed by atoms with Crippen molar-refractivity contribution in [2.75, 3.05) is 7.05 Å². The van der Waals surface area contributed by atoms with Crippen molar-refractivity contribution in [3.8, 4) is 21.7 Å². The summed E-state index contributed by atoms with van der Waals surface area (Å²) in [5.74, 6) is -0.0144. The van der Waals surface area contributed by atoms with E-state index in [9.17, 15) is 9.59 Å². The summed E-state index contributed by atoms with van der Waals surface area (Å²) >= 11 is 1.52. The molecular weight excluding hydrogens is 442 g/mol. The van der Waals surface area contributed by atoms with Gasteiger partial charge in [0.25, 0.3) is 5.91 Å². The first kappa shape index (κ1) is 23.9. The molecule has 1 N–H and O–H groups in total. The molecule has 0 fully saturated rings. The fraction of sp³-hybridized carbons (Fsp3) is 0.321. The minimum atomic E-state index is -0.185. The molecule has 4 aromatic rings. The minimum absolute atomic E-state index is 0.171. The maximum atomic E-state index is 12.9. The lowest BCUT2D eigenvalue weighted by molar-refractivity contribution is 0.0955. The van der Waals surface area contributed by atoms with Gasteiger partial charge in [-0.25, -0.2) is 4.98 Å². The fourth-order valence-corrected chi connectivity index (χ4v) is 5.15. The largest absolute Gasteiger partial charge is 0.354 e. The molecule has 5 nitrogen and oxygen atoms in total. The minimum Gasteiger partial charge on any atom is -0.354 e. The monoisotopic (exact) mass is 473 g/mol. The van der Waals surface area contributed by atoms with Crippen LogP contribution in [0.1, 0.15) is 66.4 Å².